The molecular weight excluding hydrogens is 272 g/mol. The molecule has 0 radical (unpaired) electrons. The summed E-state index contributed by atoms with van der Waals surface area (Å²) < 4.78 is 2.04. The van der Waals surface area contributed by atoms with Gasteiger partial charge in [0.05, 0.1) is 5.75 Å². The molecule has 0 saturated heterocycles. The Morgan fingerprint density at radius 1 is 1.25 bits per heavy atom. The van der Waals surface area contributed by atoms with Crippen LogP contribution in [0.3, 0.4) is 0 Å². The lowest BCUT2D eigenvalue weighted by molar-refractivity contribution is -0.119. The van der Waals surface area contributed by atoms with Crippen LogP contribution in [0.15, 0.2) is 5.16 Å². The number of hydrogen-bond acceptors (Lipinski definition) is 4. The van der Waals surface area contributed by atoms with Crippen molar-refractivity contribution in [1.82, 2.24) is 20.1 Å². The van der Waals surface area contributed by atoms with Crippen molar-refractivity contribution < 1.29 is 4.79 Å². The molecule has 1 N–H and O–H groups in total. The summed E-state index contributed by atoms with van der Waals surface area (Å²) in [6, 6.07) is 0.387. The molecule has 20 heavy (non-hydrogen) atoms. The SMILES string of the molecule is Cn1c(SCC(=O)NC2CCCCC2)nnc1C1CC1. The molecule has 0 aliphatic heterocycles. The molecule has 2 aliphatic carbocycles. The van der Waals surface area contributed by atoms with Gasteiger partial charge in [0.2, 0.25) is 5.91 Å². The second kappa shape index (κ2) is 6.16. The first-order valence-corrected chi connectivity index (χ1v) is 8.54. The summed E-state index contributed by atoms with van der Waals surface area (Å²) in [5.74, 6) is 2.23. The van der Waals surface area contributed by atoms with Gasteiger partial charge in [-0.1, -0.05) is 31.0 Å². The summed E-state index contributed by atoms with van der Waals surface area (Å²) >= 11 is 1.49. The highest BCUT2D eigenvalue weighted by atomic mass is 32.2. The molecule has 1 aromatic heterocycles. The highest BCUT2D eigenvalue weighted by Gasteiger charge is 2.29. The van der Waals surface area contributed by atoms with E-state index in [1.807, 2.05) is 11.6 Å². The van der Waals surface area contributed by atoms with Crippen molar-refractivity contribution in [2.45, 2.75) is 62.1 Å². The van der Waals surface area contributed by atoms with E-state index >= 15 is 0 Å². The van der Waals surface area contributed by atoms with Crippen LogP contribution in [0.4, 0.5) is 0 Å². The van der Waals surface area contributed by atoms with Gasteiger partial charge in [-0.2, -0.15) is 0 Å². The Kier molecular flexibility index (Phi) is 4.29. The monoisotopic (exact) mass is 294 g/mol. The van der Waals surface area contributed by atoms with Crippen molar-refractivity contribution in [2.75, 3.05) is 5.75 Å². The molecule has 5 nitrogen and oxygen atoms in total. The van der Waals surface area contributed by atoms with E-state index in [-0.39, 0.29) is 5.91 Å². The van der Waals surface area contributed by atoms with Crippen LogP contribution in [0, 0.1) is 0 Å². The van der Waals surface area contributed by atoms with Crippen molar-refractivity contribution >= 4 is 17.7 Å². The molecule has 3 rings (SSSR count). The first kappa shape index (κ1) is 13.9. The largest absolute Gasteiger partial charge is 0.353 e. The molecule has 0 atom stereocenters. The Bertz CT molecular complexity index is 478. The van der Waals surface area contributed by atoms with Gasteiger partial charge in [0.25, 0.3) is 0 Å². The second-order valence-electron chi connectivity index (χ2n) is 5.87. The third kappa shape index (κ3) is 3.34. The molecule has 0 bridgehead atoms. The van der Waals surface area contributed by atoms with E-state index < -0.39 is 0 Å². The van der Waals surface area contributed by atoms with E-state index in [1.54, 1.807) is 0 Å². The lowest BCUT2D eigenvalue weighted by Crippen LogP contribution is -2.37. The minimum Gasteiger partial charge on any atom is -0.353 e. The molecule has 2 saturated carbocycles. The van der Waals surface area contributed by atoms with Crippen LogP contribution in [0.1, 0.15) is 56.7 Å². The van der Waals surface area contributed by atoms with Crippen molar-refractivity contribution in [3.63, 3.8) is 0 Å². The number of aromatic nitrogens is 3. The number of nitrogens with one attached hydrogen (secondary N) is 1. The quantitative estimate of drug-likeness (QED) is 0.846. The summed E-state index contributed by atoms with van der Waals surface area (Å²) in [4.78, 5) is 12.0. The van der Waals surface area contributed by atoms with Crippen LogP contribution in [0.5, 0.6) is 0 Å². The van der Waals surface area contributed by atoms with Crippen molar-refractivity contribution in [1.29, 1.82) is 0 Å². The maximum Gasteiger partial charge on any atom is 0.230 e. The fourth-order valence-corrected chi connectivity index (χ4v) is 3.52. The highest BCUT2D eigenvalue weighted by Crippen LogP contribution is 2.39. The van der Waals surface area contributed by atoms with E-state index in [9.17, 15) is 4.79 Å². The van der Waals surface area contributed by atoms with Gasteiger partial charge in [-0.05, 0) is 25.7 Å². The number of amides is 1. The number of hydrogen-bond donors (Lipinski definition) is 1. The Balaban J connectivity index is 1.47. The van der Waals surface area contributed by atoms with Gasteiger partial charge in [-0.15, -0.1) is 10.2 Å². The van der Waals surface area contributed by atoms with E-state index in [4.69, 9.17) is 0 Å². The lowest BCUT2D eigenvalue weighted by Gasteiger charge is -2.22. The minimum atomic E-state index is 0.123. The molecule has 2 aliphatic rings. The van der Waals surface area contributed by atoms with Gasteiger partial charge in [0.1, 0.15) is 5.82 Å². The van der Waals surface area contributed by atoms with Gasteiger partial charge < -0.3 is 9.88 Å². The number of nitrogens with zero attached hydrogens (tertiary/aromatic N) is 3. The molecule has 2 fully saturated rings. The summed E-state index contributed by atoms with van der Waals surface area (Å²) in [6.07, 6.45) is 8.50. The van der Waals surface area contributed by atoms with E-state index in [0.717, 1.165) is 23.8 Å². The normalized spacial score (nSPS) is 20.1. The van der Waals surface area contributed by atoms with Gasteiger partial charge in [0.15, 0.2) is 5.16 Å². The minimum absolute atomic E-state index is 0.123. The Labute approximate surface area is 123 Å². The highest BCUT2D eigenvalue weighted by molar-refractivity contribution is 7.99. The summed E-state index contributed by atoms with van der Waals surface area (Å²) in [7, 11) is 2.00. The predicted molar refractivity (Wildman–Crippen MR) is 78.7 cm³/mol. The zero-order chi connectivity index (χ0) is 13.9. The summed E-state index contributed by atoms with van der Waals surface area (Å²) in [6.45, 7) is 0. The summed E-state index contributed by atoms with van der Waals surface area (Å²) in [5, 5.41) is 12.4. The maximum atomic E-state index is 12.0. The van der Waals surface area contributed by atoms with Crippen LogP contribution in [-0.4, -0.2) is 32.5 Å². The lowest BCUT2D eigenvalue weighted by atomic mass is 9.95. The van der Waals surface area contributed by atoms with Crippen LogP contribution in [0.2, 0.25) is 0 Å². The average Bonchev–Trinajstić information content (AvgIpc) is 3.22. The first-order chi connectivity index (χ1) is 9.74. The molecule has 110 valence electrons. The molecule has 0 aromatic carbocycles. The van der Waals surface area contributed by atoms with Crippen LogP contribution in [-0.2, 0) is 11.8 Å². The number of carbonyl (C=O) groups excluding carboxylic acids is 1. The molecular formula is C14H22N4OS. The number of rotatable bonds is 5. The number of thioether (sulfide) groups is 1. The molecule has 0 spiro atoms. The standard InChI is InChI=1S/C14H22N4OS/c1-18-13(10-7-8-10)16-17-14(18)20-9-12(19)15-11-5-3-2-4-6-11/h10-11H,2-9H2,1H3,(H,15,19). The molecule has 1 aromatic rings. The van der Waals surface area contributed by atoms with E-state index in [2.05, 4.69) is 15.5 Å². The maximum absolute atomic E-state index is 12.0. The fourth-order valence-electron chi connectivity index (χ4n) is 2.80. The van der Waals surface area contributed by atoms with Gasteiger partial charge in [0, 0.05) is 19.0 Å². The smallest absolute Gasteiger partial charge is 0.230 e. The fraction of sp³-hybridized carbons (Fsp3) is 0.786. The third-order valence-electron chi connectivity index (χ3n) is 4.11. The zero-order valence-electron chi connectivity index (χ0n) is 12.0. The predicted octanol–water partition coefficient (Wildman–Crippen LogP) is 2.23. The van der Waals surface area contributed by atoms with E-state index in [0.29, 0.717) is 17.7 Å². The molecule has 1 heterocycles. The second-order valence-corrected chi connectivity index (χ2v) is 6.81. The Hall–Kier alpha value is -1.04. The van der Waals surface area contributed by atoms with Crippen molar-refractivity contribution in [3.8, 4) is 0 Å². The molecule has 0 unspecified atom stereocenters. The van der Waals surface area contributed by atoms with Gasteiger partial charge >= 0.3 is 0 Å². The van der Waals surface area contributed by atoms with Crippen LogP contribution >= 0.6 is 11.8 Å². The average molecular weight is 294 g/mol. The van der Waals surface area contributed by atoms with Crippen molar-refractivity contribution in [3.05, 3.63) is 5.82 Å². The summed E-state index contributed by atoms with van der Waals surface area (Å²) in [5.41, 5.74) is 0. The molecule has 6 heteroatoms. The van der Waals surface area contributed by atoms with Gasteiger partial charge in [-0.3, -0.25) is 4.79 Å². The first-order valence-electron chi connectivity index (χ1n) is 7.55. The Morgan fingerprint density at radius 2 is 2.00 bits per heavy atom. The topological polar surface area (TPSA) is 59.8 Å². The van der Waals surface area contributed by atoms with Gasteiger partial charge in [-0.25, -0.2) is 0 Å². The zero-order valence-corrected chi connectivity index (χ0v) is 12.8. The van der Waals surface area contributed by atoms with Crippen LogP contribution in [0.25, 0.3) is 0 Å². The van der Waals surface area contributed by atoms with E-state index in [1.165, 1.54) is 43.9 Å². The number of carbonyl (C=O) groups is 1. The molecule has 1 amide bonds. The Morgan fingerprint density at radius 3 is 2.70 bits per heavy atom. The van der Waals surface area contributed by atoms with Crippen molar-refractivity contribution in [2.24, 2.45) is 7.05 Å². The van der Waals surface area contributed by atoms with Crippen LogP contribution < -0.4 is 5.32 Å². The third-order valence-corrected chi connectivity index (χ3v) is 5.13.